The largest absolute Gasteiger partial charge is 0.491 e. The van der Waals surface area contributed by atoms with Gasteiger partial charge in [0.05, 0.1) is 18.8 Å². The first-order chi connectivity index (χ1) is 9.02. The molecule has 2 rings (SSSR count). The fourth-order valence-electron chi connectivity index (χ4n) is 2.21. The lowest BCUT2D eigenvalue weighted by Gasteiger charge is -2.38. The van der Waals surface area contributed by atoms with Crippen LogP contribution < -0.4 is 10.1 Å². The van der Waals surface area contributed by atoms with Gasteiger partial charge in [0.25, 0.3) is 0 Å². The van der Waals surface area contributed by atoms with E-state index in [1.807, 2.05) is 26.0 Å². The molecule has 1 aliphatic rings. The topological polar surface area (TPSA) is 30.5 Å². The Labute approximate surface area is 116 Å². The van der Waals surface area contributed by atoms with E-state index in [1.54, 1.807) is 0 Å². The van der Waals surface area contributed by atoms with E-state index in [4.69, 9.17) is 9.47 Å². The maximum Gasteiger partial charge on any atom is 0.119 e. The number of rotatable bonds is 4. The van der Waals surface area contributed by atoms with Gasteiger partial charge in [0.1, 0.15) is 5.75 Å². The van der Waals surface area contributed by atoms with E-state index < -0.39 is 0 Å². The molecule has 2 atom stereocenters. The van der Waals surface area contributed by atoms with Crippen molar-refractivity contribution in [2.45, 2.75) is 51.9 Å². The number of hydrogen-bond donors (Lipinski definition) is 1. The summed E-state index contributed by atoms with van der Waals surface area (Å²) in [5.41, 5.74) is 1.33. The van der Waals surface area contributed by atoms with Gasteiger partial charge in [0.2, 0.25) is 0 Å². The summed E-state index contributed by atoms with van der Waals surface area (Å²) < 4.78 is 11.6. The summed E-state index contributed by atoms with van der Waals surface area (Å²) in [4.78, 5) is 0. The summed E-state index contributed by atoms with van der Waals surface area (Å²) in [6, 6.07) is 8.23. The van der Waals surface area contributed by atoms with Crippen LogP contribution in [0, 0.1) is 0 Å². The Morgan fingerprint density at radius 3 is 2.53 bits per heavy atom. The molecule has 2 unspecified atom stereocenters. The Bertz CT molecular complexity index is 392. The van der Waals surface area contributed by atoms with Crippen molar-refractivity contribution in [3.05, 3.63) is 29.8 Å². The van der Waals surface area contributed by atoms with Gasteiger partial charge in [-0.15, -0.1) is 0 Å². The second-order valence-corrected chi connectivity index (χ2v) is 5.83. The van der Waals surface area contributed by atoms with E-state index in [2.05, 4.69) is 31.3 Å². The first-order valence-corrected chi connectivity index (χ1v) is 7.15. The van der Waals surface area contributed by atoms with Crippen LogP contribution in [0.2, 0.25) is 0 Å². The lowest BCUT2D eigenvalue weighted by atomic mass is 9.96. The van der Waals surface area contributed by atoms with Crippen LogP contribution in [0.4, 0.5) is 0 Å². The molecule has 0 aliphatic carbocycles. The van der Waals surface area contributed by atoms with Crippen LogP contribution in [-0.4, -0.2) is 24.8 Å². The molecule has 1 saturated heterocycles. The zero-order valence-corrected chi connectivity index (χ0v) is 12.4. The minimum Gasteiger partial charge on any atom is -0.491 e. The minimum atomic E-state index is 0.122. The predicted octanol–water partition coefficient (Wildman–Crippen LogP) is 3.30. The third-order valence-corrected chi connectivity index (χ3v) is 3.72. The zero-order chi connectivity index (χ0) is 13.9. The summed E-state index contributed by atoms with van der Waals surface area (Å²) in [7, 11) is 0. The van der Waals surface area contributed by atoms with Gasteiger partial charge in [-0.05, 0) is 44.9 Å². The van der Waals surface area contributed by atoms with Gasteiger partial charge in [-0.2, -0.15) is 0 Å². The third-order valence-electron chi connectivity index (χ3n) is 3.72. The van der Waals surface area contributed by atoms with E-state index in [-0.39, 0.29) is 17.7 Å². The normalized spacial score (nSPS) is 27.5. The Balaban J connectivity index is 1.96. The molecule has 0 aromatic heterocycles. The highest BCUT2D eigenvalue weighted by atomic mass is 16.5. The summed E-state index contributed by atoms with van der Waals surface area (Å²) in [6.45, 7) is 10.1. The molecule has 19 heavy (non-hydrogen) atoms. The molecule has 1 aromatic rings. The average Bonchev–Trinajstić information content (AvgIpc) is 2.40. The van der Waals surface area contributed by atoms with Crippen LogP contribution >= 0.6 is 0 Å². The SMILES string of the molecule is CCC1(C)COC(c2ccc(OC(C)C)cc2)CN1. The first-order valence-electron chi connectivity index (χ1n) is 7.15. The maximum absolute atomic E-state index is 5.99. The monoisotopic (exact) mass is 263 g/mol. The number of ether oxygens (including phenoxy) is 2. The van der Waals surface area contributed by atoms with Crippen molar-refractivity contribution in [2.75, 3.05) is 13.2 Å². The van der Waals surface area contributed by atoms with Gasteiger partial charge in [-0.25, -0.2) is 0 Å². The fraction of sp³-hybridized carbons (Fsp3) is 0.625. The van der Waals surface area contributed by atoms with E-state index in [9.17, 15) is 0 Å². The molecule has 1 aliphatic heterocycles. The molecule has 1 fully saturated rings. The number of benzene rings is 1. The second-order valence-electron chi connectivity index (χ2n) is 5.83. The van der Waals surface area contributed by atoms with Gasteiger partial charge >= 0.3 is 0 Å². The predicted molar refractivity (Wildman–Crippen MR) is 77.6 cm³/mol. The van der Waals surface area contributed by atoms with Crippen molar-refractivity contribution in [1.29, 1.82) is 0 Å². The molecule has 3 nitrogen and oxygen atoms in total. The summed E-state index contributed by atoms with van der Waals surface area (Å²) >= 11 is 0. The Morgan fingerprint density at radius 1 is 1.37 bits per heavy atom. The van der Waals surface area contributed by atoms with Crippen molar-refractivity contribution in [1.82, 2.24) is 5.32 Å². The second kappa shape index (κ2) is 5.93. The molecular formula is C16H25NO2. The molecule has 0 saturated carbocycles. The number of hydrogen-bond acceptors (Lipinski definition) is 3. The Morgan fingerprint density at radius 2 is 2.05 bits per heavy atom. The molecular weight excluding hydrogens is 238 g/mol. The highest BCUT2D eigenvalue weighted by Gasteiger charge is 2.30. The molecule has 1 heterocycles. The van der Waals surface area contributed by atoms with Crippen LogP contribution in [-0.2, 0) is 4.74 Å². The summed E-state index contributed by atoms with van der Waals surface area (Å²) in [6.07, 6.45) is 1.44. The van der Waals surface area contributed by atoms with Crippen LogP contribution in [0.15, 0.2) is 24.3 Å². The lowest BCUT2D eigenvalue weighted by molar-refractivity contribution is -0.0299. The van der Waals surface area contributed by atoms with Crippen molar-refractivity contribution >= 4 is 0 Å². The Kier molecular flexibility index (Phi) is 4.48. The van der Waals surface area contributed by atoms with E-state index >= 15 is 0 Å². The standard InChI is InChI=1S/C16H25NO2/c1-5-16(4)11-18-15(10-17-16)13-6-8-14(9-7-13)19-12(2)3/h6-9,12,15,17H,5,10-11H2,1-4H3. The smallest absolute Gasteiger partial charge is 0.119 e. The number of morpholine rings is 1. The molecule has 1 aromatic carbocycles. The van der Waals surface area contributed by atoms with Crippen molar-refractivity contribution in [3.8, 4) is 5.75 Å². The number of nitrogens with one attached hydrogen (secondary N) is 1. The Hall–Kier alpha value is -1.06. The quantitative estimate of drug-likeness (QED) is 0.904. The highest BCUT2D eigenvalue weighted by Crippen LogP contribution is 2.26. The zero-order valence-electron chi connectivity index (χ0n) is 12.4. The molecule has 0 radical (unpaired) electrons. The summed E-state index contributed by atoms with van der Waals surface area (Å²) in [5, 5.41) is 3.58. The third kappa shape index (κ3) is 3.71. The first kappa shape index (κ1) is 14.4. The molecule has 3 heteroatoms. The van der Waals surface area contributed by atoms with Crippen molar-refractivity contribution < 1.29 is 9.47 Å². The lowest BCUT2D eigenvalue weighted by Crippen LogP contribution is -2.52. The molecule has 0 spiro atoms. The van der Waals surface area contributed by atoms with E-state index in [0.717, 1.165) is 25.3 Å². The summed E-state index contributed by atoms with van der Waals surface area (Å²) in [5.74, 6) is 0.918. The maximum atomic E-state index is 5.99. The van der Waals surface area contributed by atoms with E-state index in [1.165, 1.54) is 5.56 Å². The highest BCUT2D eigenvalue weighted by molar-refractivity contribution is 5.29. The van der Waals surface area contributed by atoms with Crippen LogP contribution in [0.3, 0.4) is 0 Å². The molecule has 0 amide bonds. The molecule has 106 valence electrons. The van der Waals surface area contributed by atoms with E-state index in [0.29, 0.717) is 0 Å². The van der Waals surface area contributed by atoms with Gasteiger partial charge < -0.3 is 14.8 Å². The van der Waals surface area contributed by atoms with Crippen LogP contribution in [0.5, 0.6) is 5.75 Å². The van der Waals surface area contributed by atoms with Crippen LogP contribution in [0.25, 0.3) is 0 Å². The molecule has 1 N–H and O–H groups in total. The van der Waals surface area contributed by atoms with Crippen LogP contribution in [0.1, 0.15) is 45.8 Å². The van der Waals surface area contributed by atoms with Gasteiger partial charge in [-0.3, -0.25) is 0 Å². The fourth-order valence-corrected chi connectivity index (χ4v) is 2.21. The minimum absolute atomic E-state index is 0.122. The van der Waals surface area contributed by atoms with Gasteiger partial charge in [-0.1, -0.05) is 19.1 Å². The molecule has 0 bridgehead atoms. The van der Waals surface area contributed by atoms with Gasteiger partial charge in [0, 0.05) is 12.1 Å². The van der Waals surface area contributed by atoms with Crippen molar-refractivity contribution in [2.24, 2.45) is 0 Å². The average molecular weight is 263 g/mol. The van der Waals surface area contributed by atoms with Gasteiger partial charge in [0.15, 0.2) is 0 Å². The van der Waals surface area contributed by atoms with Crippen molar-refractivity contribution in [3.63, 3.8) is 0 Å².